The summed E-state index contributed by atoms with van der Waals surface area (Å²) >= 11 is 0. The van der Waals surface area contributed by atoms with Crippen LogP contribution in [0.4, 0.5) is 5.69 Å². The molecular formula is C27H27BrNO3P. The van der Waals surface area contributed by atoms with Gasteiger partial charge in [0.15, 0.2) is 0 Å². The van der Waals surface area contributed by atoms with Crippen LogP contribution in [0.1, 0.15) is 18.1 Å². The van der Waals surface area contributed by atoms with Crippen molar-refractivity contribution in [2.45, 2.75) is 12.6 Å². The number of halogens is 1. The summed E-state index contributed by atoms with van der Waals surface area (Å²) in [6.07, 6.45) is 0. The Balaban J connectivity index is 0.00000306. The molecule has 0 spiro atoms. The zero-order valence-electron chi connectivity index (χ0n) is 18.5. The first-order chi connectivity index (χ1) is 15.6. The van der Waals surface area contributed by atoms with Gasteiger partial charge in [-0.25, -0.2) is 0 Å². The van der Waals surface area contributed by atoms with Crippen LogP contribution in [0.3, 0.4) is 0 Å². The normalized spacial score (nSPS) is 12.3. The predicted octanol–water partition coefficient (Wildman–Crippen LogP) is 5.97. The van der Waals surface area contributed by atoms with Crippen molar-refractivity contribution in [2.24, 2.45) is 0 Å². The van der Waals surface area contributed by atoms with E-state index in [0.717, 1.165) is 5.56 Å². The Morgan fingerprint density at radius 3 is 1.55 bits per heavy atom. The number of nitrogens with zero attached hydrogens (tertiary/aromatic N) is 1. The van der Waals surface area contributed by atoms with Crippen molar-refractivity contribution in [1.29, 1.82) is 0 Å². The average molecular weight is 524 g/mol. The molecule has 0 amide bonds. The molecule has 0 N–H and O–H groups in total. The van der Waals surface area contributed by atoms with Gasteiger partial charge in [-0.15, -0.1) is 17.0 Å². The molecule has 1 unspecified atom stereocenters. The van der Waals surface area contributed by atoms with Crippen LogP contribution in [0.2, 0.25) is 0 Å². The van der Waals surface area contributed by atoms with Gasteiger partial charge in [0.1, 0.15) is 0 Å². The van der Waals surface area contributed by atoms with Gasteiger partial charge in [0.25, 0.3) is 0 Å². The van der Waals surface area contributed by atoms with E-state index in [0.29, 0.717) is 0 Å². The molecule has 1 atom stereocenters. The van der Waals surface area contributed by atoms with Crippen molar-refractivity contribution in [3.63, 3.8) is 0 Å². The molecule has 0 aliphatic rings. The molecule has 0 aliphatic carbocycles. The summed E-state index contributed by atoms with van der Waals surface area (Å²) in [5, 5.41) is 15.6. The maximum atomic E-state index is 11.8. The molecule has 0 radical (unpaired) electrons. The second-order valence-electron chi connectivity index (χ2n) is 7.82. The first kappa shape index (κ1) is 24.6. The van der Waals surface area contributed by atoms with Crippen LogP contribution >= 0.6 is 24.2 Å². The van der Waals surface area contributed by atoms with Gasteiger partial charge in [-0.2, -0.15) is 0 Å². The van der Waals surface area contributed by atoms with Gasteiger partial charge < -0.3 is 0 Å². The Morgan fingerprint density at radius 2 is 1.18 bits per heavy atom. The third kappa shape index (κ3) is 4.57. The van der Waals surface area contributed by atoms with E-state index in [1.54, 1.807) is 12.1 Å². The summed E-state index contributed by atoms with van der Waals surface area (Å²) in [6, 6.07) is 37.1. The van der Waals surface area contributed by atoms with E-state index < -0.39 is 7.26 Å². The standard InChI is InChI=1S/C27H26NO3P.BrH/c1-21(22-18-19-27(31-2)26(20-22)28(29)30)32(23-12-6-3-7-13-23,24-14-8-4-9-15-24)25-16-10-5-11-17-25;/h3-21,32H,1-2H3;1H. The molecular weight excluding hydrogens is 497 g/mol. The summed E-state index contributed by atoms with van der Waals surface area (Å²) in [4.78, 5) is 11.4. The first-order valence-electron chi connectivity index (χ1n) is 10.6. The Kier molecular flexibility index (Phi) is 8.01. The molecule has 6 heteroatoms. The molecule has 0 heterocycles. The molecule has 0 bridgehead atoms. The second-order valence-corrected chi connectivity index (χ2v) is 12.0. The molecule has 0 saturated heterocycles. The van der Waals surface area contributed by atoms with Gasteiger partial charge in [-0.05, 0) is 0 Å². The zero-order valence-corrected chi connectivity index (χ0v) is 21.3. The van der Waals surface area contributed by atoms with Gasteiger partial charge in [0.05, 0.1) is 0 Å². The van der Waals surface area contributed by atoms with Crippen molar-refractivity contribution in [1.82, 2.24) is 0 Å². The van der Waals surface area contributed by atoms with E-state index in [1.807, 2.05) is 24.3 Å². The Labute approximate surface area is 205 Å². The number of benzene rings is 4. The number of nitro groups is 1. The number of nitro benzene ring substituents is 1. The molecule has 170 valence electrons. The molecule has 33 heavy (non-hydrogen) atoms. The number of methoxy groups -OCH3 is 1. The minimum absolute atomic E-state index is 0. The van der Waals surface area contributed by atoms with Crippen LogP contribution in [0.15, 0.2) is 109 Å². The van der Waals surface area contributed by atoms with E-state index >= 15 is 0 Å². The van der Waals surface area contributed by atoms with E-state index in [1.165, 1.54) is 23.0 Å². The Morgan fingerprint density at radius 1 is 0.758 bits per heavy atom. The summed E-state index contributed by atoms with van der Waals surface area (Å²) < 4.78 is 5.25. The fourth-order valence-electron chi connectivity index (χ4n) is 4.72. The summed E-state index contributed by atoms with van der Waals surface area (Å²) in [5.74, 6) is 0.275. The van der Waals surface area contributed by atoms with Crippen molar-refractivity contribution in [3.05, 3.63) is 125 Å². The van der Waals surface area contributed by atoms with Crippen LogP contribution in [0, 0.1) is 10.1 Å². The Hall–Kier alpha value is -3.01. The van der Waals surface area contributed by atoms with Crippen LogP contribution in [0.5, 0.6) is 5.75 Å². The van der Waals surface area contributed by atoms with E-state index in [-0.39, 0.29) is 39.0 Å². The molecule has 0 aromatic heterocycles. The molecule has 4 nitrogen and oxygen atoms in total. The number of hydrogen-bond donors (Lipinski definition) is 0. The fraction of sp³-hybridized carbons (Fsp3) is 0.111. The molecule has 4 aromatic carbocycles. The monoisotopic (exact) mass is 523 g/mol. The minimum atomic E-state index is -2.62. The number of hydrogen-bond acceptors (Lipinski definition) is 3. The quantitative estimate of drug-likeness (QED) is 0.170. The first-order valence-corrected chi connectivity index (χ1v) is 12.7. The predicted molar refractivity (Wildman–Crippen MR) is 145 cm³/mol. The van der Waals surface area contributed by atoms with Crippen LogP contribution in [0.25, 0.3) is 0 Å². The second kappa shape index (κ2) is 10.7. The van der Waals surface area contributed by atoms with Crippen LogP contribution < -0.4 is 20.7 Å². The topological polar surface area (TPSA) is 52.4 Å². The van der Waals surface area contributed by atoms with Crippen LogP contribution in [-0.2, 0) is 0 Å². The van der Waals surface area contributed by atoms with Crippen LogP contribution in [-0.4, -0.2) is 12.0 Å². The average Bonchev–Trinajstić information content (AvgIpc) is 2.86. The molecule has 0 aliphatic heterocycles. The number of rotatable bonds is 7. The number of ether oxygens (including phenoxy) is 1. The summed E-state index contributed by atoms with van der Waals surface area (Å²) in [6.45, 7) is 2.20. The Bertz CT molecular complexity index is 1110. The van der Waals surface area contributed by atoms with E-state index in [4.69, 9.17) is 4.74 Å². The molecule has 4 rings (SSSR count). The summed E-state index contributed by atoms with van der Waals surface area (Å²) in [7, 11) is -1.16. The van der Waals surface area contributed by atoms with Gasteiger partial charge in [-0.3, -0.25) is 0 Å². The van der Waals surface area contributed by atoms with Gasteiger partial charge in [0, 0.05) is 0 Å². The summed E-state index contributed by atoms with van der Waals surface area (Å²) in [5.41, 5.74) is 0.953. The fourth-order valence-corrected chi connectivity index (χ4v) is 10.1. The zero-order chi connectivity index (χ0) is 22.6. The van der Waals surface area contributed by atoms with Gasteiger partial charge in [-0.1, -0.05) is 0 Å². The molecule has 0 fully saturated rings. The third-order valence-electron chi connectivity index (χ3n) is 6.24. The van der Waals surface area contributed by atoms with E-state index in [2.05, 4.69) is 79.7 Å². The van der Waals surface area contributed by atoms with E-state index in [9.17, 15) is 10.1 Å². The van der Waals surface area contributed by atoms with Crippen molar-refractivity contribution < 1.29 is 9.66 Å². The van der Waals surface area contributed by atoms with Gasteiger partial charge in [0.2, 0.25) is 0 Å². The van der Waals surface area contributed by atoms with Crippen molar-refractivity contribution in [2.75, 3.05) is 7.11 Å². The SMILES string of the molecule is Br.COc1ccc(C(C)[PH](c2ccccc2)(c2ccccc2)c2ccccc2)cc1[N+](=O)[O-]. The molecule has 0 saturated carbocycles. The van der Waals surface area contributed by atoms with Gasteiger partial charge >= 0.3 is 189 Å². The molecule has 4 aromatic rings. The van der Waals surface area contributed by atoms with Crippen molar-refractivity contribution in [3.8, 4) is 5.75 Å². The third-order valence-corrected chi connectivity index (χ3v) is 11.6. The van der Waals surface area contributed by atoms with Crippen molar-refractivity contribution >= 4 is 45.8 Å². The maximum absolute atomic E-state index is 11.8.